The minimum absolute atomic E-state index is 0.00362. The third-order valence-electron chi connectivity index (χ3n) is 4.82. The van der Waals surface area contributed by atoms with E-state index in [1.54, 1.807) is 0 Å². The quantitative estimate of drug-likeness (QED) is 0.507. The van der Waals surface area contributed by atoms with Gasteiger partial charge in [0.15, 0.2) is 0 Å². The second-order valence-electron chi connectivity index (χ2n) is 7.38. The largest absolute Gasteiger partial charge is 0.418 e. The number of hydrogen-bond donors (Lipinski definition) is 3. The van der Waals surface area contributed by atoms with Crippen LogP contribution < -0.4 is 20.9 Å². The van der Waals surface area contributed by atoms with Crippen LogP contribution in [0.5, 0.6) is 0 Å². The number of nitrogens with zero attached hydrogens (tertiary/aromatic N) is 1. The van der Waals surface area contributed by atoms with Gasteiger partial charge in [0.25, 0.3) is 11.8 Å². The fourth-order valence-electron chi connectivity index (χ4n) is 3.23. The molecule has 2 heterocycles. The lowest BCUT2D eigenvalue weighted by atomic mass is 10.1. The van der Waals surface area contributed by atoms with Crippen LogP contribution in [-0.2, 0) is 25.3 Å². The molecule has 1 aliphatic heterocycles. The average Bonchev–Trinajstić information content (AvgIpc) is 3.22. The number of halogens is 4. The number of alkyl halides is 3. The van der Waals surface area contributed by atoms with E-state index in [1.165, 1.54) is 18.2 Å². The lowest BCUT2D eigenvalue weighted by Gasteiger charge is -2.28. The molecule has 0 aliphatic carbocycles. The number of nitrogens with one attached hydrogen (secondary N) is 3. The van der Waals surface area contributed by atoms with Crippen LogP contribution >= 0.6 is 22.9 Å². The van der Waals surface area contributed by atoms with Crippen molar-refractivity contribution in [2.24, 2.45) is 0 Å². The fourth-order valence-corrected chi connectivity index (χ4v) is 4.19. The van der Waals surface area contributed by atoms with Crippen LogP contribution in [0.25, 0.3) is 0 Å². The summed E-state index contributed by atoms with van der Waals surface area (Å²) in [5, 5.41) is 6.91. The van der Waals surface area contributed by atoms with Crippen LogP contribution in [0.2, 0.25) is 4.34 Å². The number of hydrogen-bond acceptors (Lipinski definition) is 6. The van der Waals surface area contributed by atoms with E-state index in [9.17, 15) is 32.3 Å². The van der Waals surface area contributed by atoms with Crippen LogP contribution in [-0.4, -0.2) is 56.0 Å². The predicted octanol–water partition coefficient (Wildman–Crippen LogP) is 2.66. The standard InChI is InChI=1S/C21H20ClF3N4O5S/c1-11(30)27-15(9-26-20(33)16-4-5-17(22)35-16)19(32)28-14-3-2-12(8-13(14)21(23,24)25)29-6-7-34-10-18(29)31/h2-5,8,15H,6-7,9-10H2,1H3,(H,26,33)(H,27,30)(H,28,32)/t15-/m0/s1. The number of anilines is 2. The van der Waals surface area contributed by atoms with Gasteiger partial charge in [0.1, 0.15) is 12.6 Å². The number of thiophene rings is 1. The van der Waals surface area contributed by atoms with Crippen LogP contribution in [0.4, 0.5) is 24.5 Å². The van der Waals surface area contributed by atoms with Gasteiger partial charge >= 0.3 is 6.18 Å². The molecule has 1 aliphatic rings. The van der Waals surface area contributed by atoms with E-state index < -0.39 is 47.1 Å². The van der Waals surface area contributed by atoms with E-state index in [4.69, 9.17) is 16.3 Å². The predicted molar refractivity (Wildman–Crippen MR) is 123 cm³/mol. The minimum atomic E-state index is -4.86. The van der Waals surface area contributed by atoms with Gasteiger partial charge in [-0.25, -0.2) is 0 Å². The van der Waals surface area contributed by atoms with Crippen molar-refractivity contribution in [3.05, 3.63) is 45.1 Å². The van der Waals surface area contributed by atoms with Gasteiger partial charge in [-0.3, -0.25) is 19.2 Å². The highest BCUT2D eigenvalue weighted by atomic mass is 35.5. The summed E-state index contributed by atoms with van der Waals surface area (Å²) in [6, 6.07) is 4.65. The summed E-state index contributed by atoms with van der Waals surface area (Å²) in [5.41, 5.74) is -1.75. The smallest absolute Gasteiger partial charge is 0.370 e. The highest BCUT2D eigenvalue weighted by Gasteiger charge is 2.36. The summed E-state index contributed by atoms with van der Waals surface area (Å²) >= 11 is 6.79. The van der Waals surface area contributed by atoms with Crippen molar-refractivity contribution < 1.29 is 37.1 Å². The van der Waals surface area contributed by atoms with Crippen molar-refractivity contribution >= 4 is 57.9 Å². The molecule has 3 rings (SSSR count). The van der Waals surface area contributed by atoms with Gasteiger partial charge in [-0.05, 0) is 30.3 Å². The molecule has 4 amide bonds. The van der Waals surface area contributed by atoms with Crippen molar-refractivity contribution in [2.75, 3.05) is 36.5 Å². The Hall–Kier alpha value is -3.16. The molecular formula is C21H20ClF3N4O5S. The maximum absolute atomic E-state index is 13.8. The van der Waals surface area contributed by atoms with Gasteiger partial charge in [-0.2, -0.15) is 13.2 Å². The molecule has 35 heavy (non-hydrogen) atoms. The molecule has 0 spiro atoms. The van der Waals surface area contributed by atoms with E-state index >= 15 is 0 Å². The summed E-state index contributed by atoms with van der Waals surface area (Å²) in [5.74, 6) is -2.67. The first-order valence-electron chi connectivity index (χ1n) is 10.2. The molecule has 9 nitrogen and oxygen atoms in total. The second kappa shape index (κ2) is 11.1. The maximum Gasteiger partial charge on any atom is 0.418 e. The highest BCUT2D eigenvalue weighted by molar-refractivity contribution is 7.18. The first-order chi connectivity index (χ1) is 16.5. The molecule has 188 valence electrons. The van der Waals surface area contributed by atoms with E-state index in [0.717, 1.165) is 35.3 Å². The molecule has 1 aromatic heterocycles. The summed E-state index contributed by atoms with van der Waals surface area (Å²) in [4.78, 5) is 50.0. The maximum atomic E-state index is 13.8. The molecule has 1 aromatic carbocycles. The lowest BCUT2D eigenvalue weighted by molar-refractivity contribution is -0.137. The van der Waals surface area contributed by atoms with Gasteiger partial charge in [0, 0.05) is 25.7 Å². The number of carbonyl (C=O) groups is 4. The average molecular weight is 533 g/mol. The molecular weight excluding hydrogens is 513 g/mol. The lowest BCUT2D eigenvalue weighted by Crippen LogP contribution is -2.50. The topological polar surface area (TPSA) is 117 Å². The number of ether oxygens (including phenoxy) is 1. The number of amides is 4. The summed E-state index contributed by atoms with van der Waals surface area (Å²) < 4.78 is 46.7. The number of benzene rings is 1. The molecule has 1 saturated heterocycles. The van der Waals surface area contributed by atoms with Gasteiger partial charge < -0.3 is 25.6 Å². The third kappa shape index (κ3) is 6.93. The van der Waals surface area contributed by atoms with E-state index in [-0.39, 0.29) is 36.9 Å². The van der Waals surface area contributed by atoms with Crippen LogP contribution in [0.1, 0.15) is 22.2 Å². The van der Waals surface area contributed by atoms with Crippen molar-refractivity contribution in [1.82, 2.24) is 10.6 Å². The van der Waals surface area contributed by atoms with Crippen molar-refractivity contribution in [3.8, 4) is 0 Å². The van der Waals surface area contributed by atoms with Gasteiger partial charge in [0.05, 0.1) is 27.1 Å². The SMILES string of the molecule is CC(=O)N[C@@H](CNC(=O)c1ccc(Cl)s1)C(=O)Nc1ccc(N2CCOCC2=O)cc1C(F)(F)F. The highest BCUT2D eigenvalue weighted by Crippen LogP contribution is 2.37. The zero-order valence-corrected chi connectivity index (χ0v) is 19.8. The molecule has 2 aromatic rings. The zero-order chi connectivity index (χ0) is 25.8. The first-order valence-corrected chi connectivity index (χ1v) is 11.4. The Morgan fingerprint density at radius 2 is 1.97 bits per heavy atom. The van der Waals surface area contributed by atoms with Gasteiger partial charge in [0.2, 0.25) is 11.8 Å². The van der Waals surface area contributed by atoms with E-state index in [2.05, 4.69) is 16.0 Å². The Bertz CT molecular complexity index is 1140. The summed E-state index contributed by atoms with van der Waals surface area (Å²) in [7, 11) is 0. The number of carbonyl (C=O) groups excluding carboxylic acids is 4. The van der Waals surface area contributed by atoms with E-state index in [1.807, 2.05) is 0 Å². The molecule has 3 N–H and O–H groups in total. The molecule has 1 fully saturated rings. The van der Waals surface area contributed by atoms with Crippen LogP contribution in [0, 0.1) is 0 Å². The molecule has 0 bridgehead atoms. The Balaban J connectivity index is 1.79. The molecule has 0 saturated carbocycles. The zero-order valence-electron chi connectivity index (χ0n) is 18.2. The monoisotopic (exact) mass is 532 g/mol. The molecule has 0 radical (unpaired) electrons. The van der Waals surface area contributed by atoms with Crippen LogP contribution in [0.3, 0.4) is 0 Å². The van der Waals surface area contributed by atoms with E-state index in [0.29, 0.717) is 4.34 Å². The second-order valence-corrected chi connectivity index (χ2v) is 9.10. The third-order valence-corrected chi connectivity index (χ3v) is 6.05. The molecule has 14 heteroatoms. The minimum Gasteiger partial charge on any atom is -0.370 e. The summed E-state index contributed by atoms with van der Waals surface area (Å²) in [6.07, 6.45) is -4.86. The van der Waals surface area contributed by atoms with Crippen molar-refractivity contribution in [1.29, 1.82) is 0 Å². The normalized spacial score (nSPS) is 14.9. The van der Waals surface area contributed by atoms with Crippen molar-refractivity contribution in [3.63, 3.8) is 0 Å². The Morgan fingerprint density at radius 3 is 2.57 bits per heavy atom. The molecule has 0 unspecified atom stereocenters. The molecule has 1 atom stereocenters. The Kier molecular flexibility index (Phi) is 8.35. The Morgan fingerprint density at radius 1 is 1.23 bits per heavy atom. The van der Waals surface area contributed by atoms with Gasteiger partial charge in [-0.15, -0.1) is 11.3 Å². The number of morpholine rings is 1. The number of rotatable bonds is 7. The summed E-state index contributed by atoms with van der Waals surface area (Å²) in [6.45, 7) is 0.745. The van der Waals surface area contributed by atoms with Gasteiger partial charge in [-0.1, -0.05) is 11.6 Å². The van der Waals surface area contributed by atoms with Crippen molar-refractivity contribution in [2.45, 2.75) is 19.1 Å². The Labute approximate surface area is 206 Å². The first kappa shape index (κ1) is 26.4. The van der Waals surface area contributed by atoms with Crippen LogP contribution in [0.15, 0.2) is 30.3 Å². The fraction of sp³-hybridized carbons (Fsp3) is 0.333.